The van der Waals surface area contributed by atoms with Crippen molar-refractivity contribution in [2.45, 2.75) is 11.8 Å². The largest absolute Gasteiger partial charge is 0.416 e. The van der Waals surface area contributed by atoms with E-state index in [2.05, 4.69) is 10.4 Å². The highest BCUT2D eigenvalue weighted by atomic mass is 19.4. The van der Waals surface area contributed by atoms with Crippen LogP contribution in [0.2, 0.25) is 0 Å². The highest BCUT2D eigenvalue weighted by molar-refractivity contribution is 5.73. The number of nitrogens with zero attached hydrogens (tertiary/aromatic N) is 2. The minimum atomic E-state index is -4.44. The van der Waals surface area contributed by atoms with Gasteiger partial charge in [-0.3, -0.25) is 21.2 Å². The fourth-order valence-corrected chi connectivity index (χ4v) is 3.22. The lowest BCUT2D eigenvalue weighted by Gasteiger charge is -2.36. The molecule has 148 valence electrons. The average molecular weight is 400 g/mol. The van der Waals surface area contributed by atoms with E-state index in [4.69, 9.17) is 5.73 Å². The van der Waals surface area contributed by atoms with Crippen molar-refractivity contribution >= 4 is 11.4 Å². The lowest BCUT2D eigenvalue weighted by Crippen LogP contribution is -2.53. The van der Waals surface area contributed by atoms with Gasteiger partial charge in [-0.05, 0) is 60.2 Å². The molecule has 29 heavy (non-hydrogen) atoms. The van der Waals surface area contributed by atoms with E-state index in [-0.39, 0.29) is 0 Å². The number of alkyl halides is 3. The number of nitrogens with two attached hydrogens (primary N) is 1. The van der Waals surface area contributed by atoms with Crippen molar-refractivity contribution in [3.63, 3.8) is 0 Å². The van der Waals surface area contributed by atoms with Crippen LogP contribution < -0.4 is 16.2 Å². The molecule has 0 radical (unpaired) electrons. The third-order valence-corrected chi connectivity index (χ3v) is 4.72. The summed E-state index contributed by atoms with van der Waals surface area (Å²) in [5.74, 6) is -0.414. The third kappa shape index (κ3) is 3.54. The van der Waals surface area contributed by atoms with E-state index in [0.29, 0.717) is 16.9 Å². The summed E-state index contributed by atoms with van der Waals surface area (Å²) in [6.07, 6.45) is 0.547. The Balaban J connectivity index is 1.78. The molecule has 0 saturated heterocycles. The first-order chi connectivity index (χ1) is 13.8. The van der Waals surface area contributed by atoms with E-state index >= 15 is 0 Å². The molecule has 1 atom stereocenters. The van der Waals surface area contributed by atoms with Gasteiger partial charge in [-0.15, -0.1) is 0 Å². The number of hydrazine groups is 1. The Kier molecular flexibility index (Phi) is 4.50. The van der Waals surface area contributed by atoms with E-state index in [1.54, 1.807) is 47.7 Å². The predicted octanol–water partition coefficient (Wildman–Crippen LogP) is 4.42. The van der Waals surface area contributed by atoms with Crippen LogP contribution in [0, 0.1) is 5.82 Å². The maximum absolute atomic E-state index is 13.4. The zero-order chi connectivity index (χ0) is 20.6. The van der Waals surface area contributed by atoms with Crippen LogP contribution in [0.5, 0.6) is 0 Å². The number of aromatic nitrogens is 1. The summed E-state index contributed by atoms with van der Waals surface area (Å²) >= 11 is 0. The van der Waals surface area contributed by atoms with Crippen molar-refractivity contribution in [2.24, 2.45) is 5.73 Å². The predicted molar refractivity (Wildman–Crippen MR) is 102 cm³/mol. The van der Waals surface area contributed by atoms with Crippen molar-refractivity contribution < 1.29 is 17.6 Å². The van der Waals surface area contributed by atoms with Crippen LogP contribution in [0.15, 0.2) is 79.1 Å². The first kappa shape index (κ1) is 18.9. The fourth-order valence-electron chi connectivity index (χ4n) is 3.22. The smallest absolute Gasteiger partial charge is 0.300 e. The number of halogens is 4. The molecule has 4 nitrogen and oxygen atoms in total. The summed E-state index contributed by atoms with van der Waals surface area (Å²) < 4.78 is 52.2. The van der Waals surface area contributed by atoms with Crippen molar-refractivity contribution in [1.82, 2.24) is 10.4 Å². The topological polar surface area (TPSA) is 54.2 Å². The van der Waals surface area contributed by atoms with Crippen molar-refractivity contribution in [3.05, 3.63) is 102 Å². The van der Waals surface area contributed by atoms with Crippen LogP contribution >= 0.6 is 0 Å². The molecule has 0 fully saturated rings. The van der Waals surface area contributed by atoms with E-state index in [1.165, 1.54) is 24.3 Å². The molecule has 0 bridgehead atoms. The van der Waals surface area contributed by atoms with Gasteiger partial charge in [-0.25, -0.2) is 4.39 Å². The van der Waals surface area contributed by atoms with Crippen LogP contribution in [-0.2, 0) is 11.8 Å². The highest BCUT2D eigenvalue weighted by Gasteiger charge is 2.40. The van der Waals surface area contributed by atoms with Gasteiger partial charge in [0.25, 0.3) is 0 Å². The van der Waals surface area contributed by atoms with Crippen molar-refractivity contribution in [3.8, 4) is 0 Å². The molecule has 3 N–H and O–H groups in total. The van der Waals surface area contributed by atoms with Gasteiger partial charge in [-0.1, -0.05) is 12.1 Å². The lowest BCUT2D eigenvalue weighted by atomic mass is 9.98. The average Bonchev–Trinajstić information content (AvgIpc) is 3.07. The van der Waals surface area contributed by atoms with E-state index < -0.39 is 23.2 Å². The summed E-state index contributed by atoms with van der Waals surface area (Å²) in [7, 11) is 0. The first-order valence-corrected chi connectivity index (χ1v) is 8.70. The Morgan fingerprint density at radius 1 is 0.897 bits per heavy atom. The van der Waals surface area contributed by atoms with Crippen LogP contribution in [0.4, 0.5) is 23.2 Å². The number of hydrogen-bond acceptors (Lipinski definition) is 4. The second-order valence-corrected chi connectivity index (χ2v) is 6.62. The summed E-state index contributed by atoms with van der Waals surface area (Å²) in [6, 6.07) is 13.9. The molecule has 8 heteroatoms. The Morgan fingerprint density at radius 2 is 1.52 bits per heavy atom. The molecule has 1 aliphatic rings. The quantitative estimate of drug-likeness (QED) is 0.640. The lowest BCUT2D eigenvalue weighted by molar-refractivity contribution is -0.137. The molecule has 0 saturated carbocycles. The zero-order valence-electron chi connectivity index (χ0n) is 15.0. The Bertz CT molecular complexity index is 1030. The van der Waals surface area contributed by atoms with Crippen LogP contribution in [0.1, 0.15) is 16.7 Å². The standard InChI is InChI=1S/C21H16F4N4/c22-17-5-1-15(2-6-17)20(26)13-19(14-9-11-27-12-10-14)28-29(20)18-7-3-16(4-8-18)21(23,24)25/h1-13,28H,26H2. The summed E-state index contributed by atoms with van der Waals surface area (Å²) in [6.45, 7) is 0. The van der Waals surface area contributed by atoms with Gasteiger partial charge in [0.05, 0.1) is 16.9 Å². The maximum Gasteiger partial charge on any atom is 0.416 e. The highest BCUT2D eigenvalue weighted by Crippen LogP contribution is 2.38. The van der Waals surface area contributed by atoms with Crippen LogP contribution in [-0.4, -0.2) is 4.98 Å². The number of rotatable bonds is 3. The summed E-state index contributed by atoms with van der Waals surface area (Å²) in [5, 5.41) is 1.55. The van der Waals surface area contributed by atoms with Gasteiger partial charge >= 0.3 is 6.18 Å². The maximum atomic E-state index is 13.4. The van der Waals surface area contributed by atoms with Gasteiger partial charge in [0, 0.05) is 18.0 Å². The number of pyridine rings is 1. The summed E-state index contributed by atoms with van der Waals surface area (Å²) in [5.41, 5.74) is 10.3. The normalized spacial score (nSPS) is 19.1. The molecule has 2 aromatic carbocycles. The molecule has 1 unspecified atom stereocenters. The van der Waals surface area contributed by atoms with Gasteiger partial charge in [0.2, 0.25) is 0 Å². The number of nitrogens with one attached hydrogen (secondary N) is 1. The minimum Gasteiger partial charge on any atom is -0.300 e. The van der Waals surface area contributed by atoms with Crippen LogP contribution in [0.25, 0.3) is 5.70 Å². The van der Waals surface area contributed by atoms with E-state index in [1.807, 2.05) is 0 Å². The number of benzene rings is 2. The molecule has 1 aromatic heterocycles. The molecule has 0 aliphatic carbocycles. The monoisotopic (exact) mass is 400 g/mol. The molecule has 2 heterocycles. The van der Waals surface area contributed by atoms with E-state index in [0.717, 1.165) is 17.7 Å². The Hall–Kier alpha value is -3.39. The van der Waals surface area contributed by atoms with Gasteiger partial charge in [0.1, 0.15) is 5.82 Å². The molecular formula is C21H16F4N4. The summed E-state index contributed by atoms with van der Waals surface area (Å²) in [4.78, 5) is 3.98. The fraction of sp³-hybridized carbons (Fsp3) is 0.0952. The van der Waals surface area contributed by atoms with E-state index in [9.17, 15) is 17.6 Å². The molecule has 0 amide bonds. The second kappa shape index (κ2) is 6.89. The van der Waals surface area contributed by atoms with Gasteiger partial charge < -0.3 is 0 Å². The molecule has 3 aromatic rings. The number of anilines is 1. The Labute approximate surface area is 164 Å². The van der Waals surface area contributed by atoms with Crippen molar-refractivity contribution in [2.75, 3.05) is 5.01 Å². The first-order valence-electron chi connectivity index (χ1n) is 8.70. The van der Waals surface area contributed by atoms with Gasteiger partial charge in [0.15, 0.2) is 5.66 Å². The SMILES string of the molecule is NC1(c2ccc(F)cc2)C=C(c2ccncc2)NN1c1ccc(C(F)(F)F)cc1. The Morgan fingerprint density at radius 3 is 2.10 bits per heavy atom. The molecule has 4 rings (SSSR count). The molecule has 1 aliphatic heterocycles. The second-order valence-electron chi connectivity index (χ2n) is 6.62. The number of hydrogen-bond donors (Lipinski definition) is 2. The van der Waals surface area contributed by atoms with Crippen molar-refractivity contribution in [1.29, 1.82) is 0 Å². The zero-order valence-corrected chi connectivity index (χ0v) is 15.0. The molecular weight excluding hydrogens is 384 g/mol. The minimum absolute atomic E-state index is 0.414. The van der Waals surface area contributed by atoms with Crippen LogP contribution in [0.3, 0.4) is 0 Å². The van der Waals surface area contributed by atoms with Gasteiger partial charge in [-0.2, -0.15) is 13.2 Å². The third-order valence-electron chi connectivity index (χ3n) is 4.72. The molecule has 0 spiro atoms.